The van der Waals surface area contributed by atoms with Gasteiger partial charge in [0, 0.05) is 0 Å². The molecule has 6 nitrogen and oxygen atoms in total. The molecule has 0 fully saturated rings. The predicted molar refractivity (Wildman–Crippen MR) is 73.3 cm³/mol. The van der Waals surface area contributed by atoms with Crippen molar-refractivity contribution < 1.29 is 32.6 Å². The van der Waals surface area contributed by atoms with Crippen molar-refractivity contribution in [1.82, 2.24) is 0 Å². The molecule has 0 bridgehead atoms. The predicted octanol–water partition coefficient (Wildman–Crippen LogP) is 2.01. The van der Waals surface area contributed by atoms with Crippen molar-refractivity contribution in [3.8, 4) is 5.75 Å². The van der Waals surface area contributed by atoms with Crippen LogP contribution in [0.3, 0.4) is 0 Å². The van der Waals surface area contributed by atoms with Crippen molar-refractivity contribution in [3.05, 3.63) is 35.5 Å². The largest absolute Gasteiger partial charge is 0.491 e. The van der Waals surface area contributed by atoms with Crippen LogP contribution in [0.1, 0.15) is 6.92 Å². The number of carbonyl (C=O) groups excluding carboxylic acids is 2. The lowest BCUT2D eigenvalue weighted by atomic mass is 10.2. The topological polar surface area (TPSA) is 73.9 Å². The Morgan fingerprint density at radius 3 is 2.45 bits per heavy atom. The van der Waals surface area contributed by atoms with E-state index in [2.05, 4.69) is 14.8 Å². The maximum Gasteiger partial charge on any atom is 0.354 e. The van der Waals surface area contributed by atoms with E-state index in [0.717, 1.165) is 32.4 Å². The van der Waals surface area contributed by atoms with Crippen molar-refractivity contribution in [2.24, 2.45) is 0 Å². The number of ether oxygens (including phenoxy) is 3. The third kappa shape index (κ3) is 4.18. The van der Waals surface area contributed by atoms with Gasteiger partial charge in [-0.2, -0.15) is 0 Å². The lowest BCUT2D eigenvalue weighted by molar-refractivity contribution is -0.138. The first-order valence-corrected chi connectivity index (χ1v) is 6.20. The summed E-state index contributed by atoms with van der Waals surface area (Å²) in [7, 11) is 2.14. The van der Waals surface area contributed by atoms with E-state index >= 15 is 0 Å². The molecule has 0 aliphatic rings. The highest BCUT2D eigenvalue weighted by atomic mass is 19.1. The van der Waals surface area contributed by atoms with Gasteiger partial charge in [0.05, 0.1) is 26.9 Å². The summed E-state index contributed by atoms with van der Waals surface area (Å²) >= 11 is 0. The molecule has 0 unspecified atom stereocenters. The number of carbonyl (C=O) groups is 2. The zero-order chi connectivity index (χ0) is 16.7. The van der Waals surface area contributed by atoms with Crippen LogP contribution >= 0.6 is 0 Å². The smallest absolute Gasteiger partial charge is 0.354 e. The van der Waals surface area contributed by atoms with Gasteiger partial charge < -0.3 is 19.5 Å². The Balaban J connectivity index is 3.23. The molecule has 0 heterocycles. The van der Waals surface area contributed by atoms with Crippen LogP contribution in [-0.2, 0) is 19.1 Å². The van der Waals surface area contributed by atoms with E-state index in [1.54, 1.807) is 6.92 Å². The van der Waals surface area contributed by atoms with Gasteiger partial charge in [-0.3, -0.25) is 0 Å². The SMILES string of the molecule is CCOc1ccc(F)c(N/C(=C/C(=O)OC)C(=O)OC)c1F. The molecule has 0 atom stereocenters. The first-order chi connectivity index (χ1) is 10.4. The van der Waals surface area contributed by atoms with E-state index in [9.17, 15) is 18.4 Å². The van der Waals surface area contributed by atoms with Crippen LogP contribution in [0.15, 0.2) is 23.9 Å². The quantitative estimate of drug-likeness (QED) is 0.639. The highest BCUT2D eigenvalue weighted by Gasteiger charge is 2.20. The summed E-state index contributed by atoms with van der Waals surface area (Å²) in [5.41, 5.74) is -1.13. The Morgan fingerprint density at radius 2 is 1.91 bits per heavy atom. The minimum atomic E-state index is -1.04. The monoisotopic (exact) mass is 315 g/mol. The Labute approximate surface area is 125 Å². The molecule has 0 saturated carbocycles. The summed E-state index contributed by atoms with van der Waals surface area (Å²) in [6, 6.07) is 2.07. The van der Waals surface area contributed by atoms with Crippen LogP contribution in [0.5, 0.6) is 5.75 Å². The first-order valence-electron chi connectivity index (χ1n) is 6.20. The molecule has 8 heteroatoms. The molecule has 1 N–H and O–H groups in total. The van der Waals surface area contributed by atoms with Crippen molar-refractivity contribution in [1.29, 1.82) is 0 Å². The number of halogens is 2. The summed E-state index contributed by atoms with van der Waals surface area (Å²) in [5, 5.41) is 2.19. The van der Waals surface area contributed by atoms with Crippen LogP contribution in [0.4, 0.5) is 14.5 Å². The fourth-order valence-electron chi connectivity index (χ4n) is 1.48. The molecule has 0 aliphatic heterocycles. The van der Waals surface area contributed by atoms with Gasteiger partial charge in [-0.05, 0) is 19.1 Å². The van der Waals surface area contributed by atoms with Gasteiger partial charge in [-0.15, -0.1) is 0 Å². The fourth-order valence-corrected chi connectivity index (χ4v) is 1.48. The normalized spacial score (nSPS) is 10.9. The van der Waals surface area contributed by atoms with Gasteiger partial charge in [0.1, 0.15) is 17.2 Å². The number of esters is 2. The van der Waals surface area contributed by atoms with E-state index in [0.29, 0.717) is 0 Å². The average molecular weight is 315 g/mol. The van der Waals surface area contributed by atoms with Crippen molar-refractivity contribution in [2.75, 3.05) is 26.1 Å². The molecule has 1 aromatic rings. The second-order valence-corrected chi connectivity index (χ2v) is 3.87. The Morgan fingerprint density at radius 1 is 1.23 bits per heavy atom. The van der Waals surface area contributed by atoms with Crippen LogP contribution in [0.2, 0.25) is 0 Å². The van der Waals surface area contributed by atoms with Crippen molar-refractivity contribution >= 4 is 17.6 Å². The van der Waals surface area contributed by atoms with Crippen molar-refractivity contribution in [2.45, 2.75) is 6.92 Å². The lowest BCUT2D eigenvalue weighted by Crippen LogP contribution is -2.17. The summed E-state index contributed by atoms with van der Waals surface area (Å²) < 4.78 is 41.7. The zero-order valence-electron chi connectivity index (χ0n) is 12.2. The molecule has 120 valence electrons. The highest BCUT2D eigenvalue weighted by Crippen LogP contribution is 2.28. The summed E-state index contributed by atoms with van der Waals surface area (Å²) in [6.07, 6.45) is 0.720. The van der Waals surface area contributed by atoms with E-state index in [4.69, 9.17) is 4.74 Å². The third-order valence-corrected chi connectivity index (χ3v) is 2.48. The molecule has 0 radical (unpaired) electrons. The van der Waals surface area contributed by atoms with Gasteiger partial charge in [0.15, 0.2) is 11.6 Å². The molecule has 1 aromatic carbocycles. The van der Waals surface area contributed by atoms with Gasteiger partial charge in [-0.25, -0.2) is 18.4 Å². The highest BCUT2D eigenvalue weighted by molar-refractivity contribution is 5.98. The minimum Gasteiger partial charge on any atom is -0.491 e. The number of methoxy groups -OCH3 is 2. The molecular weight excluding hydrogens is 300 g/mol. The molecule has 0 aromatic heterocycles. The van der Waals surface area contributed by atoms with Gasteiger partial charge >= 0.3 is 11.9 Å². The van der Waals surface area contributed by atoms with E-state index < -0.39 is 35.0 Å². The first kappa shape index (κ1) is 17.4. The second-order valence-electron chi connectivity index (χ2n) is 3.87. The minimum absolute atomic E-state index is 0.170. The van der Waals surface area contributed by atoms with E-state index in [-0.39, 0.29) is 12.4 Å². The van der Waals surface area contributed by atoms with Gasteiger partial charge in [0.25, 0.3) is 0 Å². The van der Waals surface area contributed by atoms with E-state index in [1.165, 1.54) is 0 Å². The summed E-state index contributed by atoms with van der Waals surface area (Å²) in [6.45, 7) is 1.80. The molecule has 0 aliphatic carbocycles. The zero-order valence-corrected chi connectivity index (χ0v) is 12.2. The molecule has 0 amide bonds. The Bertz CT molecular complexity index is 601. The number of anilines is 1. The second kappa shape index (κ2) is 7.96. The van der Waals surface area contributed by atoms with Gasteiger partial charge in [-0.1, -0.05) is 0 Å². The number of hydrogen-bond acceptors (Lipinski definition) is 6. The van der Waals surface area contributed by atoms with E-state index in [1.807, 2.05) is 0 Å². The molecule has 0 saturated heterocycles. The number of rotatable bonds is 6. The maximum absolute atomic E-state index is 14.1. The standard InChI is InChI=1S/C14H15F2NO5/c1-4-22-10-6-5-8(15)13(12(10)16)17-9(14(19)21-3)7-11(18)20-2/h5-7,17H,4H2,1-3H3/b9-7+. The molecule has 1 rings (SSSR count). The number of hydrogen-bond donors (Lipinski definition) is 1. The molecule has 22 heavy (non-hydrogen) atoms. The lowest BCUT2D eigenvalue weighted by Gasteiger charge is -2.13. The average Bonchev–Trinajstić information content (AvgIpc) is 2.52. The van der Waals surface area contributed by atoms with Gasteiger partial charge in [0.2, 0.25) is 0 Å². The summed E-state index contributed by atoms with van der Waals surface area (Å²) in [4.78, 5) is 22.8. The Kier molecular flexibility index (Phi) is 6.30. The Hall–Kier alpha value is -2.64. The van der Waals surface area contributed by atoms with Crippen molar-refractivity contribution in [3.63, 3.8) is 0 Å². The molecular formula is C14H15F2NO5. The number of nitrogens with one attached hydrogen (secondary N) is 1. The maximum atomic E-state index is 14.1. The summed E-state index contributed by atoms with van der Waals surface area (Å²) in [5.74, 6) is -4.10. The van der Waals surface area contributed by atoms with Crippen LogP contribution in [0, 0.1) is 11.6 Å². The number of benzene rings is 1. The van der Waals surface area contributed by atoms with Crippen LogP contribution < -0.4 is 10.1 Å². The third-order valence-electron chi connectivity index (χ3n) is 2.48. The molecule has 0 spiro atoms. The van der Waals surface area contributed by atoms with Crippen LogP contribution in [-0.4, -0.2) is 32.8 Å². The van der Waals surface area contributed by atoms with Crippen LogP contribution in [0.25, 0.3) is 0 Å². The fraction of sp³-hybridized carbons (Fsp3) is 0.286.